The number of fused-ring (bicyclic) bond motifs is 19. The number of allylic oxidation sites excluding steroid dienone is 4. The molecule has 0 aliphatic heterocycles. The number of furan rings is 2. The fourth-order valence-electron chi connectivity index (χ4n) is 13.8. The van der Waals surface area contributed by atoms with Crippen LogP contribution in [0.2, 0.25) is 0 Å². The summed E-state index contributed by atoms with van der Waals surface area (Å²) in [5.74, 6) is -0.387. The number of hydrogen-bond acceptors (Lipinski definition) is 4. The Morgan fingerprint density at radius 3 is 1.74 bits per heavy atom. The normalized spacial score (nSPS) is 14.4. The van der Waals surface area contributed by atoms with Gasteiger partial charge in [-0.3, -0.25) is 4.39 Å². The summed E-state index contributed by atoms with van der Waals surface area (Å²) >= 11 is 0. The number of halogens is 2. The van der Waals surface area contributed by atoms with Crippen molar-refractivity contribution in [3.05, 3.63) is 299 Å². The molecule has 430 valence electrons. The van der Waals surface area contributed by atoms with E-state index < -0.39 is 5.41 Å². The Bertz CT molecular complexity index is 5150. The van der Waals surface area contributed by atoms with E-state index in [0.717, 1.165) is 83.3 Å². The predicted molar refractivity (Wildman–Crippen MR) is 368 cm³/mol. The zero-order valence-corrected chi connectivity index (χ0v) is 50.5. The molecule has 1 spiro atoms. The first-order valence-corrected chi connectivity index (χ1v) is 30.4. The van der Waals surface area contributed by atoms with Crippen LogP contribution in [0.25, 0.3) is 99.0 Å². The van der Waals surface area contributed by atoms with Crippen molar-refractivity contribution in [1.82, 2.24) is 0 Å². The largest absolute Gasteiger partial charge is 0.454 e. The van der Waals surface area contributed by atoms with Crippen LogP contribution in [-0.4, -0.2) is 7.18 Å². The molecule has 2 aliphatic rings. The van der Waals surface area contributed by atoms with Crippen LogP contribution in [0.5, 0.6) is 0 Å². The van der Waals surface area contributed by atoms with Gasteiger partial charge in [0.2, 0.25) is 0 Å². The number of nitrogens with one attached hydrogen (secondary N) is 1. The molecule has 2 aromatic heterocycles. The van der Waals surface area contributed by atoms with Crippen LogP contribution in [0.3, 0.4) is 0 Å². The number of benzene rings is 12. The lowest BCUT2D eigenvalue weighted by Crippen LogP contribution is -2.27. The van der Waals surface area contributed by atoms with Gasteiger partial charge in [0.25, 0.3) is 0 Å². The van der Waals surface area contributed by atoms with Gasteiger partial charge in [-0.05, 0) is 167 Å². The quantitative estimate of drug-likeness (QED) is 0.154. The standard InChI is InChI=1S/C78H55FN2O2.C3H8.CH3F/c1-47-30-37-50(38-31-47)81(72-28-15-24-60-59-21-10-12-29-73(59)82-76(60)72)51-39-41-58-57(40-34-48-32-35-49(36-33-48)77(2,3)4)67(42-43-80-71-27-14-23-62-61-22-13-26-70(79)74(61)83-75(62)71)78(68(58)44-51)66-25-11-9-20-56(66)65-45-63-54-18-7-5-16-52(54)53-17-6-8-19-55(53)64(63)46-69(65)78;1-3-2;1-2/h5-46,80H,1-4H3;3H2,1-2H3;1H3/b40-34-,43-42+;;. The van der Waals surface area contributed by atoms with Crippen molar-refractivity contribution < 1.29 is 17.6 Å². The Morgan fingerprint density at radius 1 is 0.466 bits per heavy atom. The molecule has 0 amide bonds. The highest BCUT2D eigenvalue weighted by Gasteiger charge is 2.52. The third-order valence-corrected chi connectivity index (χ3v) is 17.7. The Labute approximate surface area is 512 Å². The van der Waals surface area contributed by atoms with Gasteiger partial charge in [-0.15, -0.1) is 0 Å². The molecule has 2 heterocycles. The maximum Gasteiger partial charge on any atom is 0.171 e. The molecule has 88 heavy (non-hydrogen) atoms. The third-order valence-electron chi connectivity index (χ3n) is 17.7. The van der Waals surface area contributed by atoms with Crippen molar-refractivity contribution in [1.29, 1.82) is 0 Å². The minimum atomic E-state index is -0.856. The lowest BCUT2D eigenvalue weighted by atomic mass is 9.69. The molecule has 14 aromatic rings. The SMILES string of the molecule is CCC.CF.Cc1ccc(N(c2ccc3c(c2)C2(C(/C=C/Nc4cccc5c4oc4c(F)cccc45)=C3/C=C\c3ccc(C(C)(C)C)cc3)c3ccccc3-c3cc4c5ccccc5c5ccccc5c4cc32)c2cccc3c2oc2ccccc23)cc1. The number of nitrogens with zero attached hydrogens (tertiary/aromatic N) is 1. The van der Waals surface area contributed by atoms with Crippen molar-refractivity contribution in [2.75, 3.05) is 17.4 Å². The van der Waals surface area contributed by atoms with Gasteiger partial charge >= 0.3 is 0 Å². The second-order valence-corrected chi connectivity index (χ2v) is 24.1. The maximum absolute atomic E-state index is 15.4. The van der Waals surface area contributed by atoms with Gasteiger partial charge in [0.15, 0.2) is 22.6 Å². The van der Waals surface area contributed by atoms with Crippen LogP contribution < -0.4 is 10.2 Å². The minimum absolute atomic E-state index is 0.0124. The Hall–Kier alpha value is -10.3. The van der Waals surface area contributed by atoms with E-state index in [9.17, 15) is 4.39 Å². The lowest BCUT2D eigenvalue weighted by molar-refractivity contribution is 0.584. The first-order chi connectivity index (χ1) is 43.0. The molecule has 0 bridgehead atoms. The molecule has 0 fully saturated rings. The maximum atomic E-state index is 15.4. The second-order valence-electron chi connectivity index (χ2n) is 24.1. The Kier molecular flexibility index (Phi) is 14.0. The van der Waals surface area contributed by atoms with Gasteiger partial charge in [0, 0.05) is 39.1 Å². The topological polar surface area (TPSA) is 41.5 Å². The number of alkyl halides is 1. The zero-order chi connectivity index (χ0) is 60.4. The van der Waals surface area contributed by atoms with Crippen molar-refractivity contribution in [2.24, 2.45) is 0 Å². The molecular formula is C82H66F2N2O2. The lowest BCUT2D eigenvalue weighted by Gasteiger charge is -2.33. The Morgan fingerprint density at radius 2 is 1.03 bits per heavy atom. The van der Waals surface area contributed by atoms with Crippen LogP contribution in [0, 0.1) is 12.7 Å². The first-order valence-electron chi connectivity index (χ1n) is 30.4. The van der Waals surface area contributed by atoms with Crippen molar-refractivity contribution >= 4 is 111 Å². The predicted octanol–water partition coefficient (Wildman–Crippen LogP) is 23.6. The van der Waals surface area contributed by atoms with Crippen molar-refractivity contribution in [3.8, 4) is 11.1 Å². The fraction of sp³-hybridized carbons (Fsp3) is 0.122. The highest BCUT2D eigenvalue weighted by Crippen LogP contribution is 2.64. The summed E-state index contributed by atoms with van der Waals surface area (Å²) in [6, 6.07) is 82.6. The smallest absolute Gasteiger partial charge is 0.171 e. The van der Waals surface area contributed by atoms with E-state index in [4.69, 9.17) is 8.83 Å². The van der Waals surface area contributed by atoms with Crippen LogP contribution >= 0.6 is 0 Å². The first kappa shape index (κ1) is 55.6. The highest BCUT2D eigenvalue weighted by atomic mass is 19.1. The summed E-state index contributed by atoms with van der Waals surface area (Å²) in [7, 11) is 0.500. The van der Waals surface area contributed by atoms with E-state index in [0.29, 0.717) is 12.8 Å². The molecule has 1 N–H and O–H groups in total. The van der Waals surface area contributed by atoms with E-state index in [1.165, 1.54) is 78.2 Å². The van der Waals surface area contributed by atoms with Crippen LogP contribution in [0.15, 0.2) is 263 Å². The molecule has 16 rings (SSSR count). The summed E-state index contributed by atoms with van der Waals surface area (Å²) < 4.78 is 38.1. The van der Waals surface area contributed by atoms with Gasteiger partial charge in [-0.25, -0.2) is 4.39 Å². The molecule has 0 saturated heterocycles. The van der Waals surface area contributed by atoms with E-state index >= 15 is 4.39 Å². The summed E-state index contributed by atoms with van der Waals surface area (Å²) in [5.41, 5.74) is 18.2. The van der Waals surface area contributed by atoms with Gasteiger partial charge in [-0.2, -0.15) is 0 Å². The summed E-state index contributed by atoms with van der Waals surface area (Å²) in [6.45, 7) is 13.2. The molecule has 6 heteroatoms. The van der Waals surface area contributed by atoms with Crippen molar-refractivity contribution in [3.63, 3.8) is 0 Å². The number of hydrogen-bond donors (Lipinski definition) is 1. The summed E-state index contributed by atoms with van der Waals surface area (Å²) in [5, 5.41) is 14.7. The van der Waals surface area contributed by atoms with Gasteiger partial charge in [-0.1, -0.05) is 229 Å². The molecule has 1 atom stereocenters. The highest BCUT2D eigenvalue weighted by molar-refractivity contribution is 6.26. The molecule has 0 saturated carbocycles. The average Bonchev–Trinajstić information content (AvgIpc) is 1.52. The average molecular weight is 1150 g/mol. The minimum Gasteiger partial charge on any atom is -0.454 e. The number of rotatable bonds is 8. The molecule has 12 aromatic carbocycles. The van der Waals surface area contributed by atoms with Gasteiger partial charge < -0.3 is 19.1 Å². The molecule has 2 aliphatic carbocycles. The molecule has 0 radical (unpaired) electrons. The number of aryl methyl sites for hydroxylation is 1. The summed E-state index contributed by atoms with van der Waals surface area (Å²) in [4.78, 5) is 2.37. The van der Waals surface area contributed by atoms with Crippen LogP contribution in [0.4, 0.5) is 31.5 Å². The van der Waals surface area contributed by atoms with E-state index in [-0.39, 0.29) is 16.8 Å². The summed E-state index contributed by atoms with van der Waals surface area (Å²) in [6.07, 6.45) is 10.2. The number of para-hydroxylation sites is 4. The molecule has 1 unspecified atom stereocenters. The Balaban J connectivity index is 0.00000132. The fourth-order valence-corrected chi connectivity index (χ4v) is 13.8. The van der Waals surface area contributed by atoms with E-state index in [1.54, 1.807) is 6.07 Å². The van der Waals surface area contributed by atoms with E-state index in [2.05, 4.69) is 264 Å². The van der Waals surface area contributed by atoms with Crippen LogP contribution in [0.1, 0.15) is 80.0 Å². The monoisotopic (exact) mass is 1150 g/mol. The van der Waals surface area contributed by atoms with Gasteiger partial charge in [0.1, 0.15) is 5.58 Å². The second kappa shape index (κ2) is 22.2. The zero-order valence-electron chi connectivity index (χ0n) is 50.5. The van der Waals surface area contributed by atoms with Crippen molar-refractivity contribution in [2.45, 2.75) is 58.8 Å². The number of anilines is 4. The van der Waals surface area contributed by atoms with Crippen LogP contribution in [-0.2, 0) is 10.8 Å². The third kappa shape index (κ3) is 8.91. The molecular weight excluding hydrogens is 1080 g/mol. The van der Waals surface area contributed by atoms with Gasteiger partial charge in [0.05, 0.1) is 24.0 Å². The van der Waals surface area contributed by atoms with E-state index in [1.807, 2.05) is 30.3 Å². The molecule has 4 nitrogen and oxygen atoms in total.